The summed E-state index contributed by atoms with van der Waals surface area (Å²) in [6.07, 6.45) is 3.19. The highest BCUT2D eigenvalue weighted by molar-refractivity contribution is 5.92. The van der Waals surface area contributed by atoms with Crippen LogP contribution < -0.4 is 0 Å². The number of nitrogens with zero attached hydrogens (tertiary/aromatic N) is 2. The fourth-order valence-corrected chi connectivity index (χ4v) is 3.42. The molecule has 1 fully saturated rings. The second-order valence-electron chi connectivity index (χ2n) is 7.03. The van der Waals surface area contributed by atoms with Gasteiger partial charge in [0.2, 0.25) is 5.76 Å². The lowest BCUT2D eigenvalue weighted by atomic mass is 9.90. The van der Waals surface area contributed by atoms with Gasteiger partial charge in [-0.2, -0.15) is 0 Å². The van der Waals surface area contributed by atoms with E-state index in [1.165, 1.54) is 5.56 Å². The van der Waals surface area contributed by atoms with E-state index in [0.29, 0.717) is 17.6 Å². The molecule has 0 bridgehead atoms. The minimum absolute atomic E-state index is 0.00235. The normalized spacial score (nSPS) is 15.9. The van der Waals surface area contributed by atoms with Crippen molar-refractivity contribution < 1.29 is 9.21 Å². The van der Waals surface area contributed by atoms with Crippen molar-refractivity contribution in [1.82, 2.24) is 9.88 Å². The molecule has 0 saturated carbocycles. The van der Waals surface area contributed by atoms with Gasteiger partial charge in [0, 0.05) is 20.0 Å². The summed E-state index contributed by atoms with van der Waals surface area (Å²) in [6.45, 7) is 7.48. The Balaban J connectivity index is 1.61. The van der Waals surface area contributed by atoms with Crippen LogP contribution in [0.4, 0.5) is 0 Å². The fourth-order valence-electron chi connectivity index (χ4n) is 3.42. The predicted octanol–water partition coefficient (Wildman–Crippen LogP) is 4.20. The van der Waals surface area contributed by atoms with Gasteiger partial charge in [0.1, 0.15) is 0 Å². The maximum atomic E-state index is 12.8. The Morgan fingerprint density at radius 2 is 1.92 bits per heavy atom. The average molecular weight is 326 g/mol. The number of carbonyl (C=O) groups excluding carboxylic acids is 1. The van der Waals surface area contributed by atoms with Gasteiger partial charge in [-0.15, -0.1) is 0 Å². The van der Waals surface area contributed by atoms with Crippen LogP contribution in [0.2, 0.25) is 0 Å². The zero-order chi connectivity index (χ0) is 17.1. The SMILES string of the molecule is Cc1nc(C(C)C)c(C(=O)N2CCC(Cc3ccccc3)CC2)o1. The summed E-state index contributed by atoms with van der Waals surface area (Å²) in [7, 11) is 0. The average Bonchev–Trinajstić information content (AvgIpc) is 2.98. The van der Waals surface area contributed by atoms with Gasteiger partial charge < -0.3 is 9.32 Å². The first kappa shape index (κ1) is 16.7. The number of rotatable bonds is 4. The first-order valence-electron chi connectivity index (χ1n) is 8.85. The van der Waals surface area contributed by atoms with Gasteiger partial charge in [0.25, 0.3) is 5.91 Å². The second-order valence-corrected chi connectivity index (χ2v) is 7.03. The summed E-state index contributed by atoms with van der Waals surface area (Å²) in [5, 5.41) is 0. The van der Waals surface area contributed by atoms with Crippen LogP contribution in [-0.2, 0) is 6.42 Å². The largest absolute Gasteiger partial charge is 0.436 e. The molecule has 2 heterocycles. The maximum Gasteiger partial charge on any atom is 0.291 e. The third-order valence-electron chi connectivity index (χ3n) is 4.77. The molecule has 0 unspecified atom stereocenters. The molecule has 1 aliphatic heterocycles. The van der Waals surface area contributed by atoms with Crippen LogP contribution in [0.15, 0.2) is 34.7 Å². The Labute approximate surface area is 143 Å². The molecule has 1 aromatic heterocycles. The molecule has 1 amide bonds. The molecule has 0 N–H and O–H groups in total. The zero-order valence-electron chi connectivity index (χ0n) is 14.8. The van der Waals surface area contributed by atoms with E-state index in [1.54, 1.807) is 6.92 Å². The van der Waals surface area contributed by atoms with E-state index < -0.39 is 0 Å². The highest BCUT2D eigenvalue weighted by Crippen LogP contribution is 2.26. The third kappa shape index (κ3) is 3.69. The lowest BCUT2D eigenvalue weighted by Gasteiger charge is -2.31. The van der Waals surface area contributed by atoms with Crippen LogP contribution in [0.25, 0.3) is 0 Å². The number of carbonyl (C=O) groups is 1. The zero-order valence-corrected chi connectivity index (χ0v) is 14.8. The molecule has 0 spiro atoms. The van der Waals surface area contributed by atoms with E-state index in [-0.39, 0.29) is 11.8 Å². The standard InChI is InChI=1S/C20H26N2O2/c1-14(2)18-19(24-15(3)21-18)20(23)22-11-9-17(10-12-22)13-16-7-5-4-6-8-16/h4-8,14,17H,9-13H2,1-3H3. The Bertz CT molecular complexity index is 683. The molecule has 2 aromatic rings. The van der Waals surface area contributed by atoms with Crippen LogP contribution in [-0.4, -0.2) is 28.9 Å². The quantitative estimate of drug-likeness (QED) is 0.846. The minimum Gasteiger partial charge on any atom is -0.436 e. The molecule has 24 heavy (non-hydrogen) atoms. The Morgan fingerprint density at radius 3 is 2.54 bits per heavy atom. The topological polar surface area (TPSA) is 46.3 Å². The molecule has 0 atom stereocenters. The van der Waals surface area contributed by atoms with E-state index in [1.807, 2.05) is 18.7 Å². The number of aryl methyl sites for hydroxylation is 1. The predicted molar refractivity (Wildman–Crippen MR) is 94.1 cm³/mol. The second kappa shape index (κ2) is 7.20. The summed E-state index contributed by atoms with van der Waals surface area (Å²) < 4.78 is 5.61. The van der Waals surface area contributed by atoms with E-state index in [0.717, 1.165) is 38.0 Å². The monoisotopic (exact) mass is 326 g/mol. The number of oxazole rings is 1. The van der Waals surface area contributed by atoms with Crippen LogP contribution in [0.1, 0.15) is 60.3 Å². The maximum absolute atomic E-state index is 12.8. The van der Waals surface area contributed by atoms with Gasteiger partial charge in [-0.3, -0.25) is 4.79 Å². The Morgan fingerprint density at radius 1 is 1.25 bits per heavy atom. The lowest BCUT2D eigenvalue weighted by Crippen LogP contribution is -2.39. The van der Waals surface area contributed by atoms with Crippen molar-refractivity contribution in [2.24, 2.45) is 5.92 Å². The lowest BCUT2D eigenvalue weighted by molar-refractivity contribution is 0.0655. The molecule has 1 saturated heterocycles. The number of benzene rings is 1. The number of likely N-dealkylation sites (tertiary alicyclic amines) is 1. The number of hydrogen-bond acceptors (Lipinski definition) is 3. The molecular formula is C20H26N2O2. The van der Waals surface area contributed by atoms with E-state index in [9.17, 15) is 4.79 Å². The van der Waals surface area contributed by atoms with Crippen molar-refractivity contribution in [2.45, 2.75) is 46.0 Å². The first-order chi connectivity index (χ1) is 11.5. The van der Waals surface area contributed by atoms with Gasteiger partial charge >= 0.3 is 0 Å². The summed E-state index contributed by atoms with van der Waals surface area (Å²) in [5.41, 5.74) is 2.17. The number of amides is 1. The Hall–Kier alpha value is -2.10. The van der Waals surface area contributed by atoms with E-state index in [4.69, 9.17) is 4.42 Å². The highest BCUT2D eigenvalue weighted by atomic mass is 16.4. The Kier molecular flexibility index (Phi) is 5.03. The minimum atomic E-state index is -0.00235. The highest BCUT2D eigenvalue weighted by Gasteiger charge is 2.29. The summed E-state index contributed by atoms with van der Waals surface area (Å²) in [5.74, 6) is 1.84. The van der Waals surface area contributed by atoms with E-state index >= 15 is 0 Å². The van der Waals surface area contributed by atoms with Crippen molar-refractivity contribution >= 4 is 5.91 Å². The van der Waals surface area contributed by atoms with Crippen molar-refractivity contribution in [1.29, 1.82) is 0 Å². The number of aromatic nitrogens is 1. The first-order valence-corrected chi connectivity index (χ1v) is 8.85. The fraction of sp³-hybridized carbons (Fsp3) is 0.500. The molecule has 128 valence electrons. The van der Waals surface area contributed by atoms with Gasteiger partial charge in [0.05, 0.1) is 5.69 Å². The van der Waals surface area contributed by atoms with Crippen molar-refractivity contribution in [3.63, 3.8) is 0 Å². The third-order valence-corrected chi connectivity index (χ3v) is 4.77. The van der Waals surface area contributed by atoms with E-state index in [2.05, 4.69) is 35.3 Å². The smallest absolute Gasteiger partial charge is 0.291 e. The van der Waals surface area contributed by atoms with Gasteiger partial charge in [-0.1, -0.05) is 44.2 Å². The number of piperidine rings is 1. The molecule has 0 aliphatic carbocycles. The van der Waals surface area contributed by atoms with Crippen LogP contribution >= 0.6 is 0 Å². The van der Waals surface area contributed by atoms with Gasteiger partial charge in [0.15, 0.2) is 5.89 Å². The van der Waals surface area contributed by atoms with Crippen molar-refractivity contribution in [2.75, 3.05) is 13.1 Å². The summed E-state index contributed by atoms with van der Waals surface area (Å²) in [4.78, 5) is 19.1. The van der Waals surface area contributed by atoms with Crippen LogP contribution in [0, 0.1) is 12.8 Å². The molecule has 1 aliphatic rings. The molecule has 1 aromatic carbocycles. The van der Waals surface area contributed by atoms with Crippen LogP contribution in [0.3, 0.4) is 0 Å². The summed E-state index contributed by atoms with van der Waals surface area (Å²) in [6, 6.07) is 10.6. The molecule has 3 rings (SSSR count). The van der Waals surface area contributed by atoms with Gasteiger partial charge in [-0.05, 0) is 36.7 Å². The molecule has 4 nitrogen and oxygen atoms in total. The van der Waals surface area contributed by atoms with Crippen molar-refractivity contribution in [3.05, 3.63) is 53.2 Å². The molecular weight excluding hydrogens is 300 g/mol. The molecule has 4 heteroatoms. The summed E-state index contributed by atoms with van der Waals surface area (Å²) >= 11 is 0. The van der Waals surface area contributed by atoms with Gasteiger partial charge in [-0.25, -0.2) is 4.98 Å². The van der Waals surface area contributed by atoms with Crippen LogP contribution in [0.5, 0.6) is 0 Å². The molecule has 0 radical (unpaired) electrons. The number of hydrogen-bond donors (Lipinski definition) is 0. The van der Waals surface area contributed by atoms with Crippen molar-refractivity contribution in [3.8, 4) is 0 Å².